The maximum Gasteiger partial charge on any atom is 0.126 e. The fourth-order valence-corrected chi connectivity index (χ4v) is 1.48. The van der Waals surface area contributed by atoms with Gasteiger partial charge in [-0.25, -0.2) is 4.39 Å². The lowest BCUT2D eigenvalue weighted by Gasteiger charge is -2.13. The number of hydrogen-bond donors (Lipinski definition) is 1. The maximum atomic E-state index is 12.8. The normalized spacial score (nSPS) is 18.4. The zero-order chi connectivity index (χ0) is 9.47. The molecule has 0 bridgehead atoms. The van der Waals surface area contributed by atoms with Crippen molar-refractivity contribution in [3.63, 3.8) is 0 Å². The molecule has 1 aliphatic carbocycles. The van der Waals surface area contributed by atoms with E-state index < -0.39 is 0 Å². The molecule has 0 unspecified atom stereocenters. The predicted molar refractivity (Wildman–Crippen MR) is 48.1 cm³/mol. The van der Waals surface area contributed by atoms with E-state index in [0.717, 1.165) is 18.4 Å². The second kappa shape index (κ2) is 2.70. The summed E-state index contributed by atoms with van der Waals surface area (Å²) in [4.78, 5) is 0. The lowest BCUT2D eigenvalue weighted by Crippen LogP contribution is -2.19. The molecule has 0 saturated heterocycles. The van der Waals surface area contributed by atoms with E-state index in [2.05, 4.69) is 0 Å². The van der Waals surface area contributed by atoms with Crippen LogP contribution < -0.4 is 10.5 Å². The number of hydrogen-bond acceptors (Lipinski definition) is 2. The van der Waals surface area contributed by atoms with E-state index in [0.29, 0.717) is 5.75 Å². The highest BCUT2D eigenvalue weighted by molar-refractivity contribution is 5.42. The van der Waals surface area contributed by atoms with Crippen molar-refractivity contribution >= 4 is 0 Å². The molecular weight excluding hydrogens is 169 g/mol. The first-order valence-corrected chi connectivity index (χ1v) is 4.29. The summed E-state index contributed by atoms with van der Waals surface area (Å²) in [5, 5.41) is 0. The van der Waals surface area contributed by atoms with Crippen LogP contribution in [-0.4, -0.2) is 7.11 Å². The minimum absolute atomic E-state index is 0.265. The number of halogens is 1. The van der Waals surface area contributed by atoms with Crippen molar-refractivity contribution in [1.29, 1.82) is 0 Å². The largest absolute Gasteiger partial charge is 0.496 e. The molecule has 3 heteroatoms. The van der Waals surface area contributed by atoms with Gasteiger partial charge in [0.05, 0.1) is 7.11 Å². The quantitative estimate of drug-likeness (QED) is 0.754. The van der Waals surface area contributed by atoms with Gasteiger partial charge in [0.25, 0.3) is 0 Å². The van der Waals surface area contributed by atoms with Crippen LogP contribution in [0.25, 0.3) is 0 Å². The predicted octanol–water partition coefficient (Wildman–Crippen LogP) is 1.78. The summed E-state index contributed by atoms with van der Waals surface area (Å²) >= 11 is 0. The number of methoxy groups -OCH3 is 1. The van der Waals surface area contributed by atoms with Gasteiger partial charge in [0, 0.05) is 17.2 Å². The van der Waals surface area contributed by atoms with Gasteiger partial charge >= 0.3 is 0 Å². The fourth-order valence-electron chi connectivity index (χ4n) is 1.48. The molecule has 1 fully saturated rings. The van der Waals surface area contributed by atoms with Crippen LogP contribution in [0.15, 0.2) is 18.2 Å². The van der Waals surface area contributed by atoms with E-state index in [4.69, 9.17) is 10.5 Å². The highest BCUT2D eigenvalue weighted by Gasteiger charge is 2.42. The Hall–Kier alpha value is -1.09. The van der Waals surface area contributed by atoms with E-state index in [1.165, 1.54) is 19.2 Å². The van der Waals surface area contributed by atoms with Crippen LogP contribution in [0.5, 0.6) is 5.75 Å². The number of ether oxygens (including phenoxy) is 1. The smallest absolute Gasteiger partial charge is 0.126 e. The molecule has 2 nitrogen and oxygen atoms in total. The summed E-state index contributed by atoms with van der Waals surface area (Å²) < 4.78 is 17.9. The van der Waals surface area contributed by atoms with Gasteiger partial charge in [-0.1, -0.05) is 6.07 Å². The van der Waals surface area contributed by atoms with Crippen molar-refractivity contribution in [3.8, 4) is 5.75 Å². The summed E-state index contributed by atoms with van der Waals surface area (Å²) in [6.45, 7) is 0. The molecule has 1 aliphatic rings. The van der Waals surface area contributed by atoms with Crippen LogP contribution in [0, 0.1) is 5.82 Å². The second-order valence-electron chi connectivity index (χ2n) is 3.50. The molecule has 0 spiro atoms. The van der Waals surface area contributed by atoms with Gasteiger partial charge < -0.3 is 10.5 Å². The molecule has 1 saturated carbocycles. The topological polar surface area (TPSA) is 35.2 Å². The number of benzene rings is 1. The van der Waals surface area contributed by atoms with Crippen LogP contribution in [0.3, 0.4) is 0 Å². The molecule has 0 atom stereocenters. The first-order chi connectivity index (χ1) is 6.15. The average Bonchev–Trinajstić information content (AvgIpc) is 2.84. The minimum Gasteiger partial charge on any atom is -0.496 e. The first kappa shape index (κ1) is 8.51. The average molecular weight is 181 g/mol. The van der Waals surface area contributed by atoms with E-state index in [9.17, 15) is 4.39 Å². The summed E-state index contributed by atoms with van der Waals surface area (Å²) in [6.07, 6.45) is 1.91. The standard InChI is InChI=1S/C10H12FNO/c1-13-9-6-7(11)2-3-8(9)10(12)4-5-10/h2-3,6H,4-5,12H2,1H3. The van der Waals surface area contributed by atoms with Crippen molar-refractivity contribution in [2.45, 2.75) is 18.4 Å². The molecule has 1 aromatic rings. The Morgan fingerprint density at radius 3 is 2.69 bits per heavy atom. The van der Waals surface area contributed by atoms with Gasteiger partial charge in [0.2, 0.25) is 0 Å². The van der Waals surface area contributed by atoms with Crippen LogP contribution >= 0.6 is 0 Å². The molecule has 70 valence electrons. The van der Waals surface area contributed by atoms with Gasteiger partial charge in [-0.05, 0) is 18.9 Å². The van der Waals surface area contributed by atoms with Gasteiger partial charge in [-0.15, -0.1) is 0 Å². The third-order valence-electron chi connectivity index (χ3n) is 2.49. The molecule has 13 heavy (non-hydrogen) atoms. The Morgan fingerprint density at radius 2 is 2.15 bits per heavy atom. The summed E-state index contributed by atoms with van der Waals surface area (Å²) in [7, 11) is 1.53. The third kappa shape index (κ3) is 1.40. The molecule has 0 radical (unpaired) electrons. The van der Waals surface area contributed by atoms with Crippen LogP contribution in [0.2, 0.25) is 0 Å². The lowest BCUT2D eigenvalue weighted by molar-refractivity contribution is 0.401. The Labute approximate surface area is 76.5 Å². The minimum atomic E-state index is -0.287. The number of rotatable bonds is 2. The Balaban J connectivity index is 2.45. The molecule has 2 rings (SSSR count). The summed E-state index contributed by atoms with van der Waals surface area (Å²) in [5.74, 6) is 0.268. The van der Waals surface area contributed by atoms with Crippen LogP contribution in [-0.2, 0) is 5.54 Å². The van der Waals surface area contributed by atoms with E-state index in [1.54, 1.807) is 6.07 Å². The maximum absolute atomic E-state index is 12.8. The molecule has 0 amide bonds. The molecule has 2 N–H and O–H groups in total. The Kier molecular flexibility index (Phi) is 1.77. The van der Waals surface area contributed by atoms with Crippen molar-refractivity contribution < 1.29 is 9.13 Å². The third-order valence-corrected chi connectivity index (χ3v) is 2.49. The SMILES string of the molecule is COc1cc(F)ccc1C1(N)CC1. The second-order valence-corrected chi connectivity index (χ2v) is 3.50. The van der Waals surface area contributed by atoms with Gasteiger partial charge in [0.1, 0.15) is 11.6 Å². The Morgan fingerprint density at radius 1 is 1.46 bits per heavy atom. The van der Waals surface area contributed by atoms with E-state index in [1.807, 2.05) is 0 Å². The van der Waals surface area contributed by atoms with Gasteiger partial charge in [0.15, 0.2) is 0 Å². The molecule has 0 aliphatic heterocycles. The van der Waals surface area contributed by atoms with Crippen LogP contribution in [0.1, 0.15) is 18.4 Å². The fraction of sp³-hybridized carbons (Fsp3) is 0.400. The van der Waals surface area contributed by atoms with Crippen LogP contribution in [0.4, 0.5) is 4.39 Å². The zero-order valence-corrected chi connectivity index (χ0v) is 7.51. The molecular formula is C10H12FNO. The monoisotopic (exact) mass is 181 g/mol. The highest BCUT2D eigenvalue weighted by Crippen LogP contribution is 2.46. The molecule has 1 aromatic carbocycles. The van der Waals surface area contributed by atoms with Gasteiger partial charge in [-0.2, -0.15) is 0 Å². The van der Waals surface area contributed by atoms with E-state index >= 15 is 0 Å². The highest BCUT2D eigenvalue weighted by atomic mass is 19.1. The lowest BCUT2D eigenvalue weighted by atomic mass is 10.0. The van der Waals surface area contributed by atoms with Crippen molar-refractivity contribution in [2.24, 2.45) is 5.73 Å². The van der Waals surface area contributed by atoms with E-state index in [-0.39, 0.29) is 11.4 Å². The zero-order valence-electron chi connectivity index (χ0n) is 7.51. The summed E-state index contributed by atoms with van der Waals surface area (Å²) in [6, 6.07) is 4.51. The summed E-state index contributed by atoms with van der Waals surface area (Å²) in [5.41, 5.74) is 6.64. The first-order valence-electron chi connectivity index (χ1n) is 4.29. The Bertz CT molecular complexity index is 334. The van der Waals surface area contributed by atoms with Gasteiger partial charge in [-0.3, -0.25) is 0 Å². The van der Waals surface area contributed by atoms with Crippen molar-refractivity contribution in [2.75, 3.05) is 7.11 Å². The number of nitrogens with two attached hydrogens (primary N) is 1. The molecule has 0 aromatic heterocycles. The van der Waals surface area contributed by atoms with Crippen molar-refractivity contribution in [1.82, 2.24) is 0 Å². The molecule has 0 heterocycles. The van der Waals surface area contributed by atoms with Crippen molar-refractivity contribution in [3.05, 3.63) is 29.6 Å².